The van der Waals surface area contributed by atoms with Gasteiger partial charge in [-0.25, -0.2) is 4.98 Å². The summed E-state index contributed by atoms with van der Waals surface area (Å²) in [6, 6.07) is 0. The number of aromatic nitrogens is 4. The first-order chi connectivity index (χ1) is 8.88. The normalized spacial score (nSPS) is 13.4. The molecule has 0 aliphatic carbocycles. The second kappa shape index (κ2) is 5.34. The van der Waals surface area contributed by atoms with Crippen LogP contribution in [0.25, 0.3) is 5.78 Å². The van der Waals surface area contributed by atoms with Gasteiger partial charge in [0, 0.05) is 17.2 Å². The number of nitrogens with zero attached hydrogens (tertiary/aromatic N) is 3. The zero-order chi connectivity index (χ0) is 14.2. The quantitative estimate of drug-likeness (QED) is 0.822. The first kappa shape index (κ1) is 14.1. The lowest BCUT2D eigenvalue weighted by Gasteiger charge is -2.06. The van der Waals surface area contributed by atoms with Crippen molar-refractivity contribution in [3.63, 3.8) is 0 Å². The summed E-state index contributed by atoms with van der Waals surface area (Å²) in [4.78, 5) is 20.9. The largest absolute Gasteiger partial charge is 0.393 e. The average molecular weight is 282 g/mol. The molecule has 1 unspecified atom stereocenters. The van der Waals surface area contributed by atoms with Crippen LogP contribution in [-0.4, -0.2) is 36.0 Å². The van der Waals surface area contributed by atoms with Crippen molar-refractivity contribution in [2.75, 3.05) is 0 Å². The van der Waals surface area contributed by atoms with Gasteiger partial charge in [-0.1, -0.05) is 25.6 Å². The van der Waals surface area contributed by atoms with Crippen molar-refractivity contribution in [2.45, 2.75) is 50.6 Å². The number of H-pyrrole nitrogens is 1. The van der Waals surface area contributed by atoms with Crippen LogP contribution in [0.15, 0.2) is 9.95 Å². The van der Waals surface area contributed by atoms with Crippen molar-refractivity contribution in [1.29, 1.82) is 0 Å². The molecule has 2 N–H and O–H groups in total. The fourth-order valence-electron chi connectivity index (χ4n) is 1.84. The van der Waals surface area contributed by atoms with Gasteiger partial charge in [0.2, 0.25) is 0 Å². The van der Waals surface area contributed by atoms with Crippen LogP contribution in [0.3, 0.4) is 0 Å². The number of aliphatic hydroxyl groups excluding tert-OH is 1. The maximum Gasteiger partial charge on any atom is 0.277 e. The van der Waals surface area contributed by atoms with E-state index in [2.05, 4.69) is 28.9 Å². The molecule has 2 heterocycles. The van der Waals surface area contributed by atoms with Crippen LogP contribution in [0, 0.1) is 6.92 Å². The average Bonchev–Trinajstić information content (AvgIpc) is 2.65. The molecule has 1 atom stereocenters. The SMILES string of the molecule is Cc1nc2nc(SC(C)C)[nH]n2c(=O)c1CC(C)O. The topological polar surface area (TPSA) is 83.3 Å². The molecule has 104 valence electrons. The summed E-state index contributed by atoms with van der Waals surface area (Å²) in [5.41, 5.74) is 0.960. The van der Waals surface area contributed by atoms with E-state index in [1.165, 1.54) is 4.52 Å². The van der Waals surface area contributed by atoms with Crippen molar-refractivity contribution in [2.24, 2.45) is 0 Å². The summed E-state index contributed by atoms with van der Waals surface area (Å²) in [5, 5.41) is 13.4. The molecule has 0 aromatic carbocycles. The third-order valence-corrected chi connectivity index (χ3v) is 3.50. The predicted molar refractivity (Wildman–Crippen MR) is 74.7 cm³/mol. The minimum absolute atomic E-state index is 0.188. The lowest BCUT2D eigenvalue weighted by Crippen LogP contribution is -2.24. The van der Waals surface area contributed by atoms with E-state index < -0.39 is 6.10 Å². The van der Waals surface area contributed by atoms with Gasteiger partial charge in [0.1, 0.15) is 0 Å². The molecule has 0 fully saturated rings. The minimum Gasteiger partial charge on any atom is -0.393 e. The highest BCUT2D eigenvalue weighted by Crippen LogP contribution is 2.18. The van der Waals surface area contributed by atoms with Crippen LogP contribution < -0.4 is 5.56 Å². The Kier molecular flexibility index (Phi) is 3.96. The summed E-state index contributed by atoms with van der Waals surface area (Å²) < 4.78 is 1.34. The number of thioether (sulfide) groups is 1. The first-order valence-corrected chi connectivity index (χ1v) is 7.09. The Morgan fingerprint density at radius 3 is 2.63 bits per heavy atom. The Hall–Kier alpha value is -1.34. The number of rotatable bonds is 4. The first-order valence-electron chi connectivity index (χ1n) is 6.21. The van der Waals surface area contributed by atoms with Gasteiger partial charge in [-0.2, -0.15) is 9.50 Å². The zero-order valence-electron chi connectivity index (χ0n) is 11.5. The van der Waals surface area contributed by atoms with Crippen LogP contribution in [0.5, 0.6) is 0 Å². The fraction of sp³-hybridized carbons (Fsp3) is 0.583. The van der Waals surface area contributed by atoms with E-state index in [4.69, 9.17) is 0 Å². The van der Waals surface area contributed by atoms with Gasteiger partial charge in [-0.05, 0) is 13.8 Å². The molecule has 2 rings (SSSR count). The molecule has 0 saturated carbocycles. The van der Waals surface area contributed by atoms with Gasteiger partial charge in [0.05, 0.1) is 11.8 Å². The Balaban J connectivity index is 2.54. The Morgan fingerprint density at radius 2 is 2.05 bits per heavy atom. The van der Waals surface area contributed by atoms with E-state index in [-0.39, 0.29) is 5.56 Å². The van der Waals surface area contributed by atoms with Crippen molar-refractivity contribution in [1.82, 2.24) is 19.6 Å². The Morgan fingerprint density at radius 1 is 1.37 bits per heavy atom. The minimum atomic E-state index is -0.571. The van der Waals surface area contributed by atoms with Gasteiger partial charge in [0.15, 0.2) is 5.16 Å². The predicted octanol–water partition coefficient (Wildman–Crippen LogP) is 1.15. The molecule has 0 amide bonds. The monoisotopic (exact) mass is 282 g/mol. The number of hydrogen-bond acceptors (Lipinski definition) is 5. The van der Waals surface area contributed by atoms with E-state index in [9.17, 15) is 9.90 Å². The lowest BCUT2D eigenvalue weighted by atomic mass is 10.1. The molecule has 0 saturated heterocycles. The van der Waals surface area contributed by atoms with Gasteiger partial charge >= 0.3 is 0 Å². The number of fused-ring (bicyclic) bond motifs is 1. The van der Waals surface area contributed by atoms with Crippen LogP contribution in [0.1, 0.15) is 32.0 Å². The second-order valence-electron chi connectivity index (χ2n) is 4.86. The molecule has 0 spiro atoms. The molecule has 0 bridgehead atoms. The van der Waals surface area contributed by atoms with Crippen LogP contribution in [0.4, 0.5) is 0 Å². The lowest BCUT2D eigenvalue weighted by molar-refractivity contribution is 0.194. The van der Waals surface area contributed by atoms with E-state index in [0.717, 1.165) is 0 Å². The van der Waals surface area contributed by atoms with E-state index in [0.29, 0.717) is 33.9 Å². The van der Waals surface area contributed by atoms with Gasteiger partial charge < -0.3 is 5.11 Å². The van der Waals surface area contributed by atoms with Gasteiger partial charge in [0.25, 0.3) is 11.3 Å². The maximum absolute atomic E-state index is 12.3. The molecular formula is C12H18N4O2S. The highest BCUT2D eigenvalue weighted by atomic mass is 32.2. The molecule has 0 aliphatic rings. The number of aryl methyl sites for hydroxylation is 1. The number of nitrogens with one attached hydrogen (secondary N) is 1. The third-order valence-electron chi connectivity index (χ3n) is 2.62. The summed E-state index contributed by atoms with van der Waals surface area (Å²) in [6.07, 6.45) is -0.273. The Bertz CT molecular complexity index is 645. The molecule has 0 radical (unpaired) electrons. The maximum atomic E-state index is 12.3. The standard InChI is InChI=1S/C12H18N4O2S/c1-6(2)19-12-14-11-13-8(4)9(5-7(3)17)10(18)16(11)15-12/h6-7,17H,5H2,1-4H3,(H,13,14,15). The molecule has 6 nitrogen and oxygen atoms in total. The van der Waals surface area contributed by atoms with Crippen molar-refractivity contribution in [3.05, 3.63) is 21.6 Å². The van der Waals surface area contributed by atoms with E-state index in [1.54, 1.807) is 25.6 Å². The van der Waals surface area contributed by atoms with Crippen LogP contribution in [-0.2, 0) is 6.42 Å². The van der Waals surface area contributed by atoms with Gasteiger partial charge in [-0.3, -0.25) is 9.89 Å². The van der Waals surface area contributed by atoms with E-state index >= 15 is 0 Å². The van der Waals surface area contributed by atoms with Crippen LogP contribution in [0.2, 0.25) is 0 Å². The highest BCUT2D eigenvalue weighted by molar-refractivity contribution is 7.99. The third kappa shape index (κ3) is 2.98. The van der Waals surface area contributed by atoms with Crippen LogP contribution >= 0.6 is 11.8 Å². The fourth-order valence-corrected chi connectivity index (χ4v) is 2.57. The second-order valence-corrected chi connectivity index (χ2v) is 6.43. The highest BCUT2D eigenvalue weighted by Gasteiger charge is 2.15. The van der Waals surface area contributed by atoms with Gasteiger partial charge in [-0.15, -0.1) is 0 Å². The summed E-state index contributed by atoms with van der Waals surface area (Å²) in [7, 11) is 0. The zero-order valence-corrected chi connectivity index (χ0v) is 12.3. The van der Waals surface area contributed by atoms with Crippen molar-refractivity contribution < 1.29 is 5.11 Å². The number of aromatic amines is 1. The van der Waals surface area contributed by atoms with Crippen molar-refractivity contribution >= 4 is 17.5 Å². The molecule has 7 heteroatoms. The number of aliphatic hydroxyl groups is 1. The molecule has 2 aromatic heterocycles. The Labute approximate surface area is 115 Å². The van der Waals surface area contributed by atoms with Crippen molar-refractivity contribution in [3.8, 4) is 0 Å². The molecule has 19 heavy (non-hydrogen) atoms. The molecular weight excluding hydrogens is 264 g/mol. The number of hydrogen-bond donors (Lipinski definition) is 2. The summed E-state index contributed by atoms with van der Waals surface area (Å²) in [5.74, 6) is 0.375. The molecule has 0 aliphatic heterocycles. The summed E-state index contributed by atoms with van der Waals surface area (Å²) >= 11 is 1.54. The summed E-state index contributed by atoms with van der Waals surface area (Å²) in [6.45, 7) is 7.53. The smallest absolute Gasteiger partial charge is 0.277 e. The molecule has 2 aromatic rings. The van der Waals surface area contributed by atoms with E-state index in [1.807, 2.05) is 0 Å².